The fraction of sp³-hybridized carbons (Fsp3) is 0.619. The van der Waals surface area contributed by atoms with Crippen molar-refractivity contribution in [2.75, 3.05) is 42.9 Å². The Balaban J connectivity index is 1.76. The van der Waals surface area contributed by atoms with Crippen LogP contribution in [0.3, 0.4) is 0 Å². The zero-order chi connectivity index (χ0) is 19.5. The quantitative estimate of drug-likeness (QED) is 0.646. The molecule has 150 valence electrons. The molecular weight excluding hydrogens is 340 g/mol. The van der Waals surface area contributed by atoms with Crippen LogP contribution in [0.4, 0.5) is 16.2 Å². The first-order chi connectivity index (χ1) is 13.1. The van der Waals surface area contributed by atoms with Gasteiger partial charge in [-0.05, 0) is 37.1 Å². The number of nitrogens with zero attached hydrogens (tertiary/aromatic N) is 2. The Labute approximate surface area is 163 Å². The molecule has 0 aromatic heterocycles. The highest BCUT2D eigenvalue weighted by Crippen LogP contribution is 2.20. The first-order valence-electron chi connectivity index (χ1n) is 10.3. The molecule has 27 heavy (non-hydrogen) atoms. The Hall–Kier alpha value is -2.24. The van der Waals surface area contributed by atoms with Crippen molar-refractivity contribution < 1.29 is 9.59 Å². The predicted octanol–water partition coefficient (Wildman–Crippen LogP) is 3.84. The molecule has 1 fully saturated rings. The van der Waals surface area contributed by atoms with E-state index >= 15 is 0 Å². The van der Waals surface area contributed by atoms with Crippen LogP contribution in [0.1, 0.15) is 52.4 Å². The molecular formula is C21H34N4O2. The van der Waals surface area contributed by atoms with Gasteiger partial charge in [0, 0.05) is 50.5 Å². The highest BCUT2D eigenvalue weighted by molar-refractivity contribution is 5.89. The number of rotatable bonds is 9. The van der Waals surface area contributed by atoms with Gasteiger partial charge in [0.25, 0.3) is 0 Å². The number of carbonyl (C=O) groups is 2. The van der Waals surface area contributed by atoms with Crippen molar-refractivity contribution in [3.63, 3.8) is 0 Å². The first-order valence-corrected chi connectivity index (χ1v) is 10.3. The summed E-state index contributed by atoms with van der Waals surface area (Å²) in [6, 6.07) is 7.75. The average Bonchev–Trinajstić information content (AvgIpc) is 2.69. The van der Waals surface area contributed by atoms with Crippen LogP contribution in [-0.4, -0.2) is 49.6 Å². The van der Waals surface area contributed by atoms with Crippen LogP contribution >= 0.6 is 0 Å². The number of nitrogens with one attached hydrogen (secondary N) is 2. The minimum atomic E-state index is -0.161. The minimum absolute atomic E-state index is 0.161. The largest absolute Gasteiger partial charge is 0.368 e. The summed E-state index contributed by atoms with van der Waals surface area (Å²) in [7, 11) is 0. The molecule has 2 rings (SSSR count). The number of hydrogen-bond donors (Lipinski definition) is 2. The molecule has 1 aliphatic heterocycles. The van der Waals surface area contributed by atoms with Crippen molar-refractivity contribution in [1.82, 2.24) is 10.2 Å². The Morgan fingerprint density at radius 1 is 0.926 bits per heavy atom. The Morgan fingerprint density at radius 2 is 1.59 bits per heavy atom. The van der Waals surface area contributed by atoms with Gasteiger partial charge >= 0.3 is 6.03 Å². The molecule has 3 amide bonds. The SMILES string of the molecule is CCCCCC(=O)N1CCN(c2ccc(NC(=O)NCCCC)cc2)CC1. The van der Waals surface area contributed by atoms with E-state index in [9.17, 15) is 9.59 Å². The van der Waals surface area contributed by atoms with Gasteiger partial charge in [-0.15, -0.1) is 0 Å². The van der Waals surface area contributed by atoms with Gasteiger partial charge in [-0.3, -0.25) is 4.79 Å². The second kappa shape index (κ2) is 11.5. The van der Waals surface area contributed by atoms with Gasteiger partial charge in [0.2, 0.25) is 5.91 Å². The Morgan fingerprint density at radius 3 is 2.22 bits per heavy atom. The molecule has 1 aromatic rings. The van der Waals surface area contributed by atoms with E-state index in [1.807, 2.05) is 29.2 Å². The first kappa shape index (κ1) is 21.1. The average molecular weight is 375 g/mol. The fourth-order valence-corrected chi connectivity index (χ4v) is 3.21. The number of anilines is 2. The number of carbonyl (C=O) groups excluding carboxylic acids is 2. The maximum Gasteiger partial charge on any atom is 0.319 e. The fourth-order valence-electron chi connectivity index (χ4n) is 3.21. The van der Waals surface area contributed by atoms with Crippen molar-refractivity contribution in [1.29, 1.82) is 0 Å². The molecule has 1 aromatic carbocycles. The maximum absolute atomic E-state index is 12.2. The van der Waals surface area contributed by atoms with Crippen LogP contribution in [0.2, 0.25) is 0 Å². The number of benzene rings is 1. The van der Waals surface area contributed by atoms with E-state index in [2.05, 4.69) is 29.4 Å². The summed E-state index contributed by atoms with van der Waals surface area (Å²) in [5, 5.41) is 5.70. The van der Waals surface area contributed by atoms with E-state index in [0.29, 0.717) is 13.0 Å². The third-order valence-electron chi connectivity index (χ3n) is 4.93. The molecule has 6 nitrogen and oxygen atoms in total. The van der Waals surface area contributed by atoms with Crippen molar-refractivity contribution in [2.24, 2.45) is 0 Å². The van der Waals surface area contributed by atoms with Crippen molar-refractivity contribution in [3.05, 3.63) is 24.3 Å². The van der Waals surface area contributed by atoms with Crippen LogP contribution in [0.15, 0.2) is 24.3 Å². The molecule has 0 aliphatic carbocycles. The highest BCUT2D eigenvalue weighted by Gasteiger charge is 2.20. The van der Waals surface area contributed by atoms with E-state index in [1.54, 1.807) is 0 Å². The lowest BCUT2D eigenvalue weighted by Gasteiger charge is -2.36. The normalized spacial score (nSPS) is 14.1. The maximum atomic E-state index is 12.2. The molecule has 1 aliphatic rings. The van der Waals surface area contributed by atoms with Crippen molar-refractivity contribution in [3.8, 4) is 0 Å². The topological polar surface area (TPSA) is 64.7 Å². The summed E-state index contributed by atoms with van der Waals surface area (Å²) in [6.45, 7) is 8.22. The van der Waals surface area contributed by atoms with Crippen LogP contribution in [0, 0.1) is 0 Å². The van der Waals surface area contributed by atoms with Gasteiger partial charge in [-0.1, -0.05) is 33.1 Å². The number of hydrogen-bond acceptors (Lipinski definition) is 3. The summed E-state index contributed by atoms with van der Waals surface area (Å²) in [5.74, 6) is 0.289. The molecule has 6 heteroatoms. The molecule has 0 saturated carbocycles. The molecule has 0 spiro atoms. The van der Waals surface area contributed by atoms with Crippen LogP contribution in [0.25, 0.3) is 0 Å². The lowest BCUT2D eigenvalue weighted by Crippen LogP contribution is -2.48. The summed E-state index contributed by atoms with van der Waals surface area (Å²) >= 11 is 0. The number of piperazine rings is 1. The third kappa shape index (κ3) is 7.12. The van der Waals surface area contributed by atoms with Crippen LogP contribution in [0.5, 0.6) is 0 Å². The van der Waals surface area contributed by atoms with E-state index in [0.717, 1.165) is 69.7 Å². The van der Waals surface area contributed by atoms with Crippen molar-refractivity contribution >= 4 is 23.3 Å². The third-order valence-corrected chi connectivity index (χ3v) is 4.93. The molecule has 0 radical (unpaired) electrons. The molecule has 0 unspecified atom stereocenters. The zero-order valence-corrected chi connectivity index (χ0v) is 16.8. The van der Waals surface area contributed by atoms with E-state index in [-0.39, 0.29) is 11.9 Å². The second-order valence-corrected chi connectivity index (χ2v) is 7.11. The summed E-state index contributed by atoms with van der Waals surface area (Å²) < 4.78 is 0. The van der Waals surface area contributed by atoms with Gasteiger partial charge in [0.1, 0.15) is 0 Å². The zero-order valence-electron chi connectivity index (χ0n) is 16.8. The van der Waals surface area contributed by atoms with E-state index in [4.69, 9.17) is 0 Å². The van der Waals surface area contributed by atoms with Gasteiger partial charge in [0.05, 0.1) is 0 Å². The molecule has 2 N–H and O–H groups in total. The van der Waals surface area contributed by atoms with Gasteiger partial charge in [-0.25, -0.2) is 4.79 Å². The minimum Gasteiger partial charge on any atom is -0.368 e. The Bertz CT molecular complexity index is 580. The van der Waals surface area contributed by atoms with Crippen molar-refractivity contribution in [2.45, 2.75) is 52.4 Å². The lowest BCUT2D eigenvalue weighted by atomic mass is 10.1. The van der Waals surface area contributed by atoms with Gasteiger partial charge < -0.3 is 20.4 Å². The van der Waals surface area contributed by atoms with Gasteiger partial charge in [-0.2, -0.15) is 0 Å². The highest BCUT2D eigenvalue weighted by atomic mass is 16.2. The molecule has 1 saturated heterocycles. The van der Waals surface area contributed by atoms with E-state index < -0.39 is 0 Å². The monoisotopic (exact) mass is 374 g/mol. The summed E-state index contributed by atoms with van der Waals surface area (Å²) in [5.41, 5.74) is 1.92. The standard InChI is InChI=1S/C21H34N4O2/c1-3-5-7-8-20(26)25-16-14-24(15-17-25)19-11-9-18(10-12-19)23-21(27)22-13-6-4-2/h9-12H,3-8,13-17H2,1-2H3,(H2,22,23,27). The van der Waals surface area contributed by atoms with Crippen LogP contribution in [-0.2, 0) is 4.79 Å². The number of amides is 3. The predicted molar refractivity (Wildman–Crippen MR) is 111 cm³/mol. The van der Waals surface area contributed by atoms with Crippen LogP contribution < -0.4 is 15.5 Å². The smallest absolute Gasteiger partial charge is 0.319 e. The van der Waals surface area contributed by atoms with E-state index in [1.165, 1.54) is 0 Å². The summed E-state index contributed by atoms with van der Waals surface area (Å²) in [4.78, 5) is 28.3. The molecule has 0 atom stereocenters. The second-order valence-electron chi connectivity index (χ2n) is 7.11. The molecule has 1 heterocycles. The molecule has 0 bridgehead atoms. The number of urea groups is 1. The summed E-state index contributed by atoms with van der Waals surface area (Å²) in [6.07, 6.45) is 5.99. The lowest BCUT2D eigenvalue weighted by molar-refractivity contribution is -0.131. The number of unbranched alkanes of at least 4 members (excludes halogenated alkanes) is 3. The Kier molecular flexibility index (Phi) is 8.95. The van der Waals surface area contributed by atoms with Gasteiger partial charge in [0.15, 0.2) is 0 Å².